The summed E-state index contributed by atoms with van der Waals surface area (Å²) in [4.78, 5) is 28.5. The van der Waals surface area contributed by atoms with Crippen LogP contribution in [0.2, 0.25) is 0 Å². The van der Waals surface area contributed by atoms with E-state index in [1.54, 1.807) is 19.8 Å². The Balaban J connectivity index is 1.45. The van der Waals surface area contributed by atoms with Gasteiger partial charge >= 0.3 is 0 Å². The molecule has 3 fully saturated rings. The van der Waals surface area contributed by atoms with E-state index < -0.39 is 5.60 Å². The number of ether oxygens (including phenoxy) is 2. The number of rotatable bonds is 6. The van der Waals surface area contributed by atoms with Gasteiger partial charge in [-0.15, -0.1) is 0 Å². The Labute approximate surface area is 227 Å². The van der Waals surface area contributed by atoms with Gasteiger partial charge in [-0.3, -0.25) is 9.59 Å². The van der Waals surface area contributed by atoms with Crippen LogP contribution in [0.15, 0.2) is 47.1 Å². The van der Waals surface area contributed by atoms with E-state index in [1.165, 1.54) is 41.7 Å². The van der Waals surface area contributed by atoms with Crippen molar-refractivity contribution in [1.29, 1.82) is 0 Å². The first-order chi connectivity index (χ1) is 18.4. The monoisotopic (exact) mass is 517 g/mol. The van der Waals surface area contributed by atoms with Gasteiger partial charge in [0.1, 0.15) is 12.2 Å². The van der Waals surface area contributed by atoms with Crippen LogP contribution in [-0.4, -0.2) is 51.1 Å². The highest BCUT2D eigenvalue weighted by atomic mass is 16.5. The molecule has 0 bridgehead atoms. The maximum Gasteiger partial charge on any atom is 0.190 e. The van der Waals surface area contributed by atoms with Gasteiger partial charge in [0.25, 0.3) is 0 Å². The van der Waals surface area contributed by atoms with Gasteiger partial charge in [0.15, 0.2) is 11.6 Å². The third-order valence-electron chi connectivity index (χ3n) is 10.9. The Kier molecular flexibility index (Phi) is 6.88. The molecule has 6 rings (SSSR count). The van der Waals surface area contributed by atoms with Crippen molar-refractivity contribution >= 4 is 17.3 Å². The van der Waals surface area contributed by atoms with Gasteiger partial charge < -0.3 is 14.4 Å². The fourth-order valence-electron chi connectivity index (χ4n) is 9.17. The Morgan fingerprint density at radius 3 is 2.50 bits per heavy atom. The molecule has 0 N–H and O–H groups in total. The van der Waals surface area contributed by atoms with Crippen molar-refractivity contribution < 1.29 is 19.1 Å². The van der Waals surface area contributed by atoms with Crippen LogP contribution >= 0.6 is 0 Å². The predicted octanol–water partition coefficient (Wildman–Crippen LogP) is 6.18. The summed E-state index contributed by atoms with van der Waals surface area (Å²) < 4.78 is 11.6. The van der Waals surface area contributed by atoms with Crippen molar-refractivity contribution in [3.8, 4) is 0 Å². The smallest absolute Gasteiger partial charge is 0.190 e. The molecule has 0 amide bonds. The van der Waals surface area contributed by atoms with Gasteiger partial charge in [0, 0.05) is 50.8 Å². The normalized spacial score (nSPS) is 34.9. The maximum atomic E-state index is 13.6. The summed E-state index contributed by atoms with van der Waals surface area (Å²) >= 11 is 0. The van der Waals surface area contributed by atoms with Crippen LogP contribution in [0.3, 0.4) is 0 Å². The van der Waals surface area contributed by atoms with Crippen molar-refractivity contribution in [1.82, 2.24) is 0 Å². The van der Waals surface area contributed by atoms with Crippen molar-refractivity contribution in [2.75, 3.05) is 38.8 Å². The third kappa shape index (κ3) is 3.95. The van der Waals surface area contributed by atoms with Crippen LogP contribution in [0.5, 0.6) is 0 Å². The number of hydrogen-bond donors (Lipinski definition) is 0. The number of nitrogens with zero attached hydrogens (tertiary/aromatic N) is 1. The number of benzene rings is 1. The number of Topliss-reactive ketones (excluding diaryl/α,β-unsaturated/α-hetero) is 1. The number of ketones is 2. The molecule has 5 heteroatoms. The molecular formula is C33H43NO4. The Bertz CT molecular complexity index is 1160. The summed E-state index contributed by atoms with van der Waals surface area (Å²) in [5.41, 5.74) is 5.87. The summed E-state index contributed by atoms with van der Waals surface area (Å²) in [5.74, 6) is 1.41. The fraction of sp³-hybridized carbons (Fsp3) is 0.636. The van der Waals surface area contributed by atoms with Crippen LogP contribution in [-0.2, 0) is 19.1 Å². The van der Waals surface area contributed by atoms with Crippen molar-refractivity contribution in [2.24, 2.45) is 17.3 Å². The first kappa shape index (κ1) is 26.0. The number of anilines is 1. The van der Waals surface area contributed by atoms with Crippen molar-refractivity contribution in [3.63, 3.8) is 0 Å². The van der Waals surface area contributed by atoms with Gasteiger partial charge in [-0.1, -0.05) is 24.6 Å². The lowest BCUT2D eigenvalue weighted by Crippen LogP contribution is -2.57. The molecule has 5 atom stereocenters. The van der Waals surface area contributed by atoms with Crippen LogP contribution in [0.4, 0.5) is 5.69 Å². The lowest BCUT2D eigenvalue weighted by molar-refractivity contribution is -0.166. The van der Waals surface area contributed by atoms with Crippen LogP contribution in [0, 0.1) is 17.3 Å². The fourth-order valence-corrected chi connectivity index (χ4v) is 9.17. The Hall–Kier alpha value is -2.24. The molecule has 0 aromatic heterocycles. The molecule has 0 spiro atoms. The SMILES string of the molecule is COCC(=O)[C@@]1(OC)CCC2C3CCC4=CC(=O)CCC4=C3[C@@H](c3ccc(N4CCCCC4)cc3)C[C@@]21C. The van der Waals surface area contributed by atoms with Gasteiger partial charge in [0.2, 0.25) is 0 Å². The zero-order chi connectivity index (χ0) is 26.5. The molecule has 0 radical (unpaired) electrons. The molecule has 1 aliphatic heterocycles. The van der Waals surface area contributed by atoms with E-state index >= 15 is 0 Å². The number of fused-ring (bicyclic) bond motifs is 4. The molecule has 204 valence electrons. The van der Waals surface area contributed by atoms with Crippen molar-refractivity contribution in [3.05, 3.63) is 52.6 Å². The predicted molar refractivity (Wildman–Crippen MR) is 149 cm³/mol. The van der Waals surface area contributed by atoms with Gasteiger partial charge in [-0.2, -0.15) is 0 Å². The summed E-state index contributed by atoms with van der Waals surface area (Å²) in [6.45, 7) is 4.70. The van der Waals surface area contributed by atoms with Crippen LogP contribution in [0.25, 0.3) is 0 Å². The highest BCUT2D eigenvalue weighted by Crippen LogP contribution is 2.67. The molecule has 38 heavy (non-hydrogen) atoms. The molecule has 4 aliphatic carbocycles. The lowest BCUT2D eigenvalue weighted by Gasteiger charge is -2.55. The quantitative estimate of drug-likeness (QED) is 0.451. The Morgan fingerprint density at radius 1 is 1.03 bits per heavy atom. The minimum Gasteiger partial charge on any atom is -0.377 e. The van der Waals surface area contributed by atoms with Gasteiger partial charge in [-0.05, 0) is 105 Å². The molecule has 2 unspecified atom stereocenters. The first-order valence-electron chi connectivity index (χ1n) is 14.8. The van der Waals surface area contributed by atoms with E-state index in [4.69, 9.17) is 9.47 Å². The third-order valence-corrected chi connectivity index (χ3v) is 10.9. The molecule has 1 aromatic rings. The maximum absolute atomic E-state index is 13.6. The molecule has 2 saturated carbocycles. The molecule has 5 aliphatic rings. The van der Waals surface area contributed by atoms with E-state index in [0.29, 0.717) is 18.3 Å². The zero-order valence-electron chi connectivity index (χ0n) is 23.4. The number of allylic oxidation sites excluding steroid dienone is 4. The average Bonchev–Trinajstić information content (AvgIpc) is 3.26. The van der Waals surface area contributed by atoms with Crippen molar-refractivity contribution in [2.45, 2.75) is 82.7 Å². The summed E-state index contributed by atoms with van der Waals surface area (Å²) in [6.07, 6.45) is 11.9. The number of carbonyl (C=O) groups is 2. The average molecular weight is 518 g/mol. The standard InChI is InChI=1S/C33H43NO4/c1-32-20-28(22-7-10-24(11-8-22)34-17-5-4-6-18-34)31-26-14-12-25(35)19-23(26)9-13-27(31)29(32)15-16-33(32,38-3)30(36)21-37-2/h7-8,10-11,19,27-29H,4-6,9,12-18,20-21H2,1-3H3/t27?,28-,29?,32+,33+/m1/s1. The molecule has 1 aromatic carbocycles. The van der Waals surface area contributed by atoms with E-state index in [0.717, 1.165) is 51.6 Å². The van der Waals surface area contributed by atoms with Crippen LogP contribution in [0.1, 0.15) is 82.6 Å². The lowest BCUT2D eigenvalue weighted by atomic mass is 9.50. The number of carbonyl (C=O) groups excluding carboxylic acids is 2. The second kappa shape index (κ2) is 10.1. The molecule has 1 heterocycles. The molecular weight excluding hydrogens is 474 g/mol. The summed E-state index contributed by atoms with van der Waals surface area (Å²) in [5, 5.41) is 0. The summed E-state index contributed by atoms with van der Waals surface area (Å²) in [6, 6.07) is 9.31. The zero-order valence-corrected chi connectivity index (χ0v) is 23.4. The highest BCUT2D eigenvalue weighted by molar-refractivity contribution is 5.93. The summed E-state index contributed by atoms with van der Waals surface area (Å²) in [7, 11) is 3.33. The van der Waals surface area contributed by atoms with E-state index in [9.17, 15) is 9.59 Å². The molecule has 1 saturated heterocycles. The largest absolute Gasteiger partial charge is 0.377 e. The minimum absolute atomic E-state index is 0.0856. The Morgan fingerprint density at radius 2 is 1.79 bits per heavy atom. The second-order valence-corrected chi connectivity index (χ2v) is 12.6. The topological polar surface area (TPSA) is 55.8 Å². The van der Waals surface area contributed by atoms with Crippen LogP contribution < -0.4 is 4.90 Å². The number of piperidine rings is 1. The van der Waals surface area contributed by atoms with Gasteiger partial charge in [-0.25, -0.2) is 0 Å². The minimum atomic E-state index is -0.811. The second-order valence-electron chi connectivity index (χ2n) is 12.6. The number of methoxy groups -OCH3 is 2. The van der Waals surface area contributed by atoms with E-state index in [-0.39, 0.29) is 29.5 Å². The van der Waals surface area contributed by atoms with Gasteiger partial charge in [0.05, 0.1) is 0 Å². The highest BCUT2D eigenvalue weighted by Gasteiger charge is 2.66. The van der Waals surface area contributed by atoms with E-state index in [1.807, 2.05) is 6.08 Å². The number of hydrogen-bond acceptors (Lipinski definition) is 5. The molecule has 5 nitrogen and oxygen atoms in total. The van der Waals surface area contributed by atoms with E-state index in [2.05, 4.69) is 36.1 Å². The first-order valence-corrected chi connectivity index (χ1v) is 14.8.